The molecule has 0 heterocycles. The molecule has 0 fully saturated rings. The van der Waals surface area contributed by atoms with Gasteiger partial charge in [-0.15, -0.1) is 0 Å². The van der Waals surface area contributed by atoms with Crippen LogP contribution in [0.4, 0.5) is 0 Å². The highest BCUT2D eigenvalue weighted by Gasteiger charge is 2.28. The number of carbonyl (C=O) groups is 2. The van der Waals surface area contributed by atoms with E-state index in [1.54, 1.807) is 14.2 Å². The van der Waals surface area contributed by atoms with Crippen molar-refractivity contribution in [2.75, 3.05) is 27.4 Å². The van der Waals surface area contributed by atoms with Crippen LogP contribution in [0, 0.1) is 0 Å². The van der Waals surface area contributed by atoms with Gasteiger partial charge in [0, 0.05) is 11.1 Å². The fourth-order valence-corrected chi connectivity index (χ4v) is 7.14. The Bertz CT molecular complexity index is 1420. The van der Waals surface area contributed by atoms with Crippen LogP contribution in [0.3, 0.4) is 0 Å². The Morgan fingerprint density at radius 3 is 1.33 bits per heavy atom. The van der Waals surface area contributed by atoms with Crippen LogP contribution >= 0.6 is 8.25 Å². The molecule has 0 N–H and O–H groups in total. The van der Waals surface area contributed by atoms with E-state index in [2.05, 4.69) is 53.7 Å². The van der Waals surface area contributed by atoms with Gasteiger partial charge >= 0.3 is 8.25 Å². The largest absolute Gasteiger partial charge is 0.496 e. The standard InChI is InChI=1S/C38H51O7P/c1-37(2,3)33-21-25(29-13-9-11-15-31(29)35(33)42-7)17-19-27(39)23-44-46(41)45-24-28(40)20-18-26-22-34(38(4,5)6)36(43-8)32-16-12-10-14-30(26)32/h17-22,46H,9-16,23-24H2,1-8H3/b19-17+,20-18+. The summed E-state index contributed by atoms with van der Waals surface area (Å²) in [5, 5.41) is 0. The molecule has 250 valence electrons. The van der Waals surface area contributed by atoms with Gasteiger partial charge in [-0.25, -0.2) is 0 Å². The van der Waals surface area contributed by atoms with Crippen molar-refractivity contribution in [3.05, 3.63) is 68.8 Å². The van der Waals surface area contributed by atoms with Crippen LogP contribution in [0.15, 0.2) is 24.3 Å². The second-order valence-electron chi connectivity index (χ2n) is 14.3. The van der Waals surface area contributed by atoms with Crippen LogP contribution in [-0.2, 0) is 59.7 Å². The van der Waals surface area contributed by atoms with Crippen molar-refractivity contribution in [3.8, 4) is 11.5 Å². The molecule has 0 aromatic heterocycles. The second kappa shape index (κ2) is 15.3. The maximum absolute atomic E-state index is 12.7. The molecule has 0 saturated carbocycles. The fourth-order valence-electron chi connectivity index (χ4n) is 6.53. The van der Waals surface area contributed by atoms with Gasteiger partial charge in [-0.3, -0.25) is 14.2 Å². The molecule has 0 unspecified atom stereocenters. The topological polar surface area (TPSA) is 88.1 Å². The average molecular weight is 651 g/mol. The minimum absolute atomic E-state index is 0.124. The number of ether oxygens (including phenoxy) is 2. The zero-order valence-corrected chi connectivity index (χ0v) is 29.9. The number of carbonyl (C=O) groups excluding carboxylic acids is 2. The van der Waals surface area contributed by atoms with Crippen molar-refractivity contribution in [2.24, 2.45) is 0 Å². The summed E-state index contributed by atoms with van der Waals surface area (Å²) in [4.78, 5) is 25.3. The Kier molecular flexibility index (Phi) is 11.9. The molecule has 0 spiro atoms. The summed E-state index contributed by atoms with van der Waals surface area (Å²) in [6.07, 6.45) is 14.8. The van der Waals surface area contributed by atoms with Gasteiger partial charge in [0.2, 0.25) is 0 Å². The van der Waals surface area contributed by atoms with E-state index in [1.807, 2.05) is 12.2 Å². The summed E-state index contributed by atoms with van der Waals surface area (Å²) in [7, 11) is 0.411. The predicted molar refractivity (Wildman–Crippen MR) is 186 cm³/mol. The smallest absolute Gasteiger partial charge is 0.320 e. The summed E-state index contributed by atoms with van der Waals surface area (Å²) in [6, 6.07) is 4.23. The molecule has 0 radical (unpaired) electrons. The lowest BCUT2D eigenvalue weighted by molar-refractivity contribution is -0.116. The Hall–Kier alpha value is -2.99. The molecule has 0 bridgehead atoms. The first-order chi connectivity index (χ1) is 21.7. The van der Waals surface area contributed by atoms with Crippen LogP contribution < -0.4 is 9.47 Å². The highest BCUT2D eigenvalue weighted by atomic mass is 31.1. The molecular formula is C38H51O7P. The molecule has 2 aromatic carbocycles. The number of fused-ring (bicyclic) bond motifs is 2. The quantitative estimate of drug-likeness (QED) is 0.169. The molecule has 0 saturated heterocycles. The molecule has 8 heteroatoms. The van der Waals surface area contributed by atoms with Crippen molar-refractivity contribution in [1.29, 1.82) is 0 Å². The molecule has 0 aliphatic heterocycles. The number of rotatable bonds is 12. The maximum atomic E-state index is 12.7. The molecule has 4 rings (SSSR count). The normalized spacial score (nSPS) is 15.3. The Morgan fingerprint density at radius 2 is 1.00 bits per heavy atom. The molecule has 7 nitrogen and oxygen atoms in total. The monoisotopic (exact) mass is 650 g/mol. The highest BCUT2D eigenvalue weighted by Crippen LogP contribution is 2.42. The number of ketones is 2. The molecule has 2 aliphatic rings. The SMILES string of the molecule is COc1c(C(C)(C)C)cc(/C=C/C(=O)CO[PH](=O)OCC(=O)/C=C/c2cc(C(C)(C)C)c(OC)c3c2CCCC3)c2c1CCCC2. The van der Waals surface area contributed by atoms with E-state index in [-0.39, 0.29) is 22.4 Å². The maximum Gasteiger partial charge on any atom is 0.320 e. The first-order valence-corrected chi connectivity index (χ1v) is 17.6. The third-order valence-corrected chi connectivity index (χ3v) is 9.62. The number of hydrogen-bond acceptors (Lipinski definition) is 7. The van der Waals surface area contributed by atoms with Crippen LogP contribution in [0.5, 0.6) is 11.5 Å². The summed E-state index contributed by atoms with van der Waals surface area (Å²) in [6.45, 7) is 12.1. The van der Waals surface area contributed by atoms with E-state index < -0.39 is 21.5 Å². The predicted octanol–water partition coefficient (Wildman–Crippen LogP) is 8.34. The molecule has 46 heavy (non-hydrogen) atoms. The van der Waals surface area contributed by atoms with Gasteiger partial charge in [0.1, 0.15) is 24.7 Å². The van der Waals surface area contributed by atoms with Gasteiger partial charge in [0.05, 0.1) is 14.2 Å². The van der Waals surface area contributed by atoms with Crippen LogP contribution in [0.25, 0.3) is 12.2 Å². The van der Waals surface area contributed by atoms with Crippen molar-refractivity contribution >= 4 is 32.0 Å². The van der Waals surface area contributed by atoms with E-state index in [4.69, 9.17) is 18.5 Å². The van der Waals surface area contributed by atoms with Crippen LogP contribution in [0.2, 0.25) is 0 Å². The van der Waals surface area contributed by atoms with Gasteiger partial charge in [-0.2, -0.15) is 0 Å². The van der Waals surface area contributed by atoms with E-state index >= 15 is 0 Å². The highest BCUT2D eigenvalue weighted by molar-refractivity contribution is 7.33. The molecular weight excluding hydrogens is 599 g/mol. The average Bonchev–Trinajstić information content (AvgIpc) is 3.02. The second-order valence-corrected chi connectivity index (χ2v) is 15.4. The van der Waals surface area contributed by atoms with E-state index in [9.17, 15) is 14.2 Å². The molecule has 2 aromatic rings. The van der Waals surface area contributed by atoms with Gasteiger partial charge in [0.15, 0.2) is 11.6 Å². The van der Waals surface area contributed by atoms with E-state index in [0.717, 1.165) is 85.1 Å². The lowest BCUT2D eigenvalue weighted by Gasteiger charge is -2.29. The minimum atomic E-state index is -3.03. The van der Waals surface area contributed by atoms with Crippen molar-refractivity contribution in [3.63, 3.8) is 0 Å². The summed E-state index contributed by atoms with van der Waals surface area (Å²) < 4.78 is 34.5. The van der Waals surface area contributed by atoms with Crippen LogP contribution in [0.1, 0.15) is 112 Å². The molecule has 0 atom stereocenters. The van der Waals surface area contributed by atoms with Gasteiger partial charge in [-0.05, 0) is 120 Å². The van der Waals surface area contributed by atoms with Gasteiger partial charge < -0.3 is 18.5 Å². The summed E-state index contributed by atoms with van der Waals surface area (Å²) in [5.41, 5.74) is 8.86. The van der Waals surface area contributed by atoms with Crippen molar-refractivity contribution in [2.45, 2.75) is 104 Å². The van der Waals surface area contributed by atoms with Crippen molar-refractivity contribution < 1.29 is 32.7 Å². The van der Waals surface area contributed by atoms with Crippen LogP contribution in [-0.4, -0.2) is 39.0 Å². The molecule has 2 aliphatic carbocycles. The number of benzene rings is 2. The zero-order chi connectivity index (χ0) is 33.6. The van der Waals surface area contributed by atoms with Crippen molar-refractivity contribution in [1.82, 2.24) is 0 Å². The Balaban J connectivity index is 1.36. The zero-order valence-electron chi connectivity index (χ0n) is 28.9. The first kappa shape index (κ1) is 35.9. The fraction of sp³-hybridized carbons (Fsp3) is 0.526. The Morgan fingerprint density at radius 1 is 0.652 bits per heavy atom. The van der Waals surface area contributed by atoms with E-state index in [1.165, 1.54) is 34.4 Å². The lowest BCUT2D eigenvalue weighted by Crippen LogP contribution is -2.17. The third-order valence-electron chi connectivity index (χ3n) is 8.86. The number of methoxy groups -OCH3 is 2. The molecule has 0 amide bonds. The number of hydrogen-bond donors (Lipinski definition) is 0. The summed E-state index contributed by atoms with van der Waals surface area (Å²) in [5.74, 6) is 1.24. The third kappa shape index (κ3) is 8.67. The van der Waals surface area contributed by atoms with Gasteiger partial charge in [-0.1, -0.05) is 53.7 Å². The minimum Gasteiger partial charge on any atom is -0.496 e. The van der Waals surface area contributed by atoms with Gasteiger partial charge in [0.25, 0.3) is 0 Å². The first-order valence-electron chi connectivity index (χ1n) is 16.4. The van der Waals surface area contributed by atoms with E-state index in [0.29, 0.717) is 0 Å². The Labute approximate surface area is 275 Å². The lowest BCUT2D eigenvalue weighted by atomic mass is 9.78. The summed E-state index contributed by atoms with van der Waals surface area (Å²) >= 11 is 0.